The summed E-state index contributed by atoms with van der Waals surface area (Å²) in [5.74, 6) is 0.614. The van der Waals surface area contributed by atoms with Gasteiger partial charge in [0.1, 0.15) is 0 Å². The van der Waals surface area contributed by atoms with Gasteiger partial charge in [0.05, 0.1) is 32.7 Å². The molecule has 1 aliphatic rings. The molecule has 9 heteroatoms. The maximum Gasteiger partial charge on any atom is 0.323 e. The molecule has 0 aromatic heterocycles. The molecule has 1 aliphatic carbocycles. The van der Waals surface area contributed by atoms with Gasteiger partial charge in [0.2, 0.25) is 5.91 Å². The molecule has 1 unspecified atom stereocenters. The second kappa shape index (κ2) is 14.9. The number of carbonyl (C=O) groups is 3. The van der Waals surface area contributed by atoms with Crippen LogP contribution >= 0.6 is 0 Å². The fourth-order valence-electron chi connectivity index (χ4n) is 4.73. The molecule has 3 aromatic carbocycles. The average Bonchev–Trinajstić information content (AvgIpc) is 3.48. The lowest BCUT2D eigenvalue weighted by atomic mass is 10.1. The molecule has 9 nitrogen and oxygen atoms in total. The lowest BCUT2D eigenvalue weighted by Crippen LogP contribution is -2.20. The predicted octanol–water partition coefficient (Wildman–Crippen LogP) is 6.72. The summed E-state index contributed by atoms with van der Waals surface area (Å²) < 4.78 is 17.0. The van der Waals surface area contributed by atoms with Crippen molar-refractivity contribution in [2.75, 3.05) is 29.7 Å². The number of anilines is 3. The summed E-state index contributed by atoms with van der Waals surface area (Å²) in [7, 11) is 1.37. The first-order valence-electron chi connectivity index (χ1n) is 14.3. The van der Waals surface area contributed by atoms with Crippen LogP contribution < -0.4 is 25.4 Å². The van der Waals surface area contributed by atoms with Gasteiger partial charge in [-0.15, -0.1) is 0 Å². The molecule has 0 saturated heterocycles. The van der Waals surface area contributed by atoms with Crippen LogP contribution in [0.4, 0.5) is 21.9 Å². The molecular formula is C33H39N3O6. The Hall–Kier alpha value is -4.53. The van der Waals surface area contributed by atoms with E-state index in [4.69, 9.17) is 14.2 Å². The first kappa shape index (κ1) is 30.4. The number of para-hydroxylation sites is 1. The van der Waals surface area contributed by atoms with Gasteiger partial charge in [-0.05, 0) is 74.1 Å². The molecule has 222 valence electrons. The molecule has 3 aromatic rings. The van der Waals surface area contributed by atoms with Crippen molar-refractivity contribution in [3.63, 3.8) is 0 Å². The minimum Gasteiger partial charge on any atom is -0.489 e. The highest BCUT2D eigenvalue weighted by Gasteiger charge is 2.20. The smallest absolute Gasteiger partial charge is 0.323 e. The Labute approximate surface area is 246 Å². The number of aryl methyl sites for hydroxylation is 1. The van der Waals surface area contributed by atoms with E-state index in [1.807, 2.05) is 44.2 Å². The predicted molar refractivity (Wildman–Crippen MR) is 163 cm³/mol. The van der Waals surface area contributed by atoms with Gasteiger partial charge < -0.3 is 30.2 Å². The first-order chi connectivity index (χ1) is 20.3. The number of hydrogen-bond acceptors (Lipinski definition) is 6. The molecule has 0 radical (unpaired) electrons. The van der Waals surface area contributed by atoms with E-state index < -0.39 is 0 Å². The topological polar surface area (TPSA) is 115 Å². The number of benzene rings is 3. The van der Waals surface area contributed by atoms with Crippen molar-refractivity contribution in [2.24, 2.45) is 5.92 Å². The van der Waals surface area contributed by atoms with Crippen LogP contribution in [0, 0.1) is 12.8 Å². The van der Waals surface area contributed by atoms with Gasteiger partial charge in [-0.25, -0.2) is 4.79 Å². The number of ether oxygens (including phenoxy) is 3. The van der Waals surface area contributed by atoms with Crippen molar-refractivity contribution >= 4 is 35.0 Å². The Morgan fingerprint density at radius 2 is 1.60 bits per heavy atom. The molecule has 0 heterocycles. The molecule has 0 aliphatic heterocycles. The summed E-state index contributed by atoms with van der Waals surface area (Å²) in [6.45, 7) is 4.14. The zero-order valence-corrected chi connectivity index (χ0v) is 24.4. The van der Waals surface area contributed by atoms with Crippen LogP contribution in [0.3, 0.4) is 0 Å². The standard InChI is InChI=1S/C33H39N3O6/c1-22(18-32(38)40-3)21-41-30-20-26(16-17-29(30)42-27-9-5-6-10-27)34-31(37)19-24-12-14-25(15-13-24)35-33(39)36-28-11-7-4-8-23(28)2/h4,7-8,11-17,20,22,27H,5-6,9-10,18-19,21H2,1-3H3,(H,34,37)(H2,35,36,39). The highest BCUT2D eigenvalue weighted by molar-refractivity contribution is 6.00. The van der Waals surface area contributed by atoms with Crippen LogP contribution in [0.15, 0.2) is 66.7 Å². The average molecular weight is 574 g/mol. The highest BCUT2D eigenvalue weighted by atomic mass is 16.5. The van der Waals surface area contributed by atoms with Gasteiger partial charge in [-0.3, -0.25) is 9.59 Å². The van der Waals surface area contributed by atoms with Crippen LogP contribution in [0.2, 0.25) is 0 Å². The van der Waals surface area contributed by atoms with Crippen LogP contribution in [-0.4, -0.2) is 37.7 Å². The Bertz CT molecular complexity index is 1370. The number of carbonyl (C=O) groups excluding carboxylic acids is 3. The van der Waals surface area contributed by atoms with Crippen LogP contribution in [0.25, 0.3) is 0 Å². The van der Waals surface area contributed by atoms with E-state index in [2.05, 4.69) is 16.0 Å². The molecule has 42 heavy (non-hydrogen) atoms. The van der Waals surface area contributed by atoms with Crippen LogP contribution in [0.5, 0.6) is 11.5 Å². The largest absolute Gasteiger partial charge is 0.489 e. The summed E-state index contributed by atoms with van der Waals surface area (Å²) in [4.78, 5) is 36.9. The normalized spacial score (nSPS) is 13.6. The van der Waals surface area contributed by atoms with Crippen molar-refractivity contribution < 1.29 is 28.6 Å². The monoisotopic (exact) mass is 573 g/mol. The Morgan fingerprint density at radius 3 is 2.31 bits per heavy atom. The summed E-state index contributed by atoms with van der Waals surface area (Å²) in [6, 6.07) is 19.7. The zero-order valence-electron chi connectivity index (χ0n) is 24.4. The molecular weight excluding hydrogens is 534 g/mol. The summed E-state index contributed by atoms with van der Waals surface area (Å²) >= 11 is 0. The Morgan fingerprint density at radius 1 is 0.881 bits per heavy atom. The van der Waals surface area contributed by atoms with E-state index in [1.54, 1.807) is 36.4 Å². The first-order valence-corrected chi connectivity index (χ1v) is 14.3. The van der Waals surface area contributed by atoms with Crippen LogP contribution in [0.1, 0.15) is 50.2 Å². The Balaban J connectivity index is 1.34. The molecule has 0 spiro atoms. The summed E-state index contributed by atoms with van der Waals surface area (Å²) in [6.07, 6.45) is 4.84. The molecule has 3 N–H and O–H groups in total. The van der Waals surface area contributed by atoms with Gasteiger partial charge in [0, 0.05) is 29.0 Å². The molecule has 3 amide bonds. The maximum absolute atomic E-state index is 12.9. The zero-order chi connectivity index (χ0) is 29.9. The number of methoxy groups -OCH3 is 1. The number of nitrogens with one attached hydrogen (secondary N) is 3. The molecule has 1 saturated carbocycles. The second-order valence-corrected chi connectivity index (χ2v) is 10.7. The third-order valence-electron chi connectivity index (χ3n) is 7.06. The van der Waals surface area contributed by atoms with Crippen molar-refractivity contribution in [3.8, 4) is 11.5 Å². The number of urea groups is 1. The van der Waals surface area contributed by atoms with E-state index >= 15 is 0 Å². The van der Waals surface area contributed by atoms with Crippen molar-refractivity contribution in [1.29, 1.82) is 0 Å². The van der Waals surface area contributed by atoms with Gasteiger partial charge in [0.15, 0.2) is 11.5 Å². The minimum absolute atomic E-state index is 0.0546. The fraction of sp³-hybridized carbons (Fsp3) is 0.364. The summed E-state index contributed by atoms with van der Waals surface area (Å²) in [5, 5.41) is 8.57. The van der Waals surface area contributed by atoms with Gasteiger partial charge in [-0.2, -0.15) is 0 Å². The van der Waals surface area contributed by atoms with E-state index in [1.165, 1.54) is 7.11 Å². The lowest BCUT2D eigenvalue weighted by molar-refractivity contribution is -0.141. The SMILES string of the molecule is COC(=O)CC(C)COc1cc(NC(=O)Cc2ccc(NC(=O)Nc3ccccc3C)cc2)ccc1OC1CCCC1. The van der Waals surface area contributed by atoms with Crippen LogP contribution in [-0.2, 0) is 20.7 Å². The number of esters is 1. The molecule has 4 rings (SSSR count). The van der Waals surface area contributed by atoms with E-state index in [-0.39, 0.29) is 42.8 Å². The lowest BCUT2D eigenvalue weighted by Gasteiger charge is -2.19. The van der Waals surface area contributed by atoms with E-state index in [0.717, 1.165) is 42.5 Å². The number of hydrogen-bond donors (Lipinski definition) is 3. The fourth-order valence-corrected chi connectivity index (χ4v) is 4.73. The van der Waals surface area contributed by atoms with Gasteiger partial charge >= 0.3 is 12.0 Å². The van der Waals surface area contributed by atoms with Gasteiger partial charge in [0.25, 0.3) is 0 Å². The van der Waals surface area contributed by atoms with E-state index in [0.29, 0.717) is 29.5 Å². The van der Waals surface area contributed by atoms with Crippen molar-refractivity contribution in [2.45, 2.75) is 58.5 Å². The quantitative estimate of drug-likeness (QED) is 0.207. The van der Waals surface area contributed by atoms with Crippen molar-refractivity contribution in [3.05, 3.63) is 77.9 Å². The third-order valence-corrected chi connectivity index (χ3v) is 7.06. The summed E-state index contributed by atoms with van der Waals surface area (Å²) in [5.41, 5.74) is 3.71. The Kier molecular flexibility index (Phi) is 10.8. The molecule has 0 bridgehead atoms. The minimum atomic E-state index is -0.340. The maximum atomic E-state index is 12.9. The number of rotatable bonds is 12. The number of amides is 3. The van der Waals surface area contributed by atoms with Gasteiger partial charge in [-0.1, -0.05) is 37.3 Å². The van der Waals surface area contributed by atoms with Crippen molar-refractivity contribution in [1.82, 2.24) is 0 Å². The highest BCUT2D eigenvalue weighted by Crippen LogP contribution is 2.34. The molecule has 1 atom stereocenters. The third kappa shape index (κ3) is 9.26. The van der Waals surface area contributed by atoms with E-state index in [9.17, 15) is 14.4 Å². The molecule has 1 fully saturated rings. The second-order valence-electron chi connectivity index (χ2n) is 10.7.